The maximum atomic E-state index is 12.9. The van der Waals surface area contributed by atoms with E-state index < -0.39 is 29.0 Å². The third-order valence-corrected chi connectivity index (χ3v) is 6.65. The number of anilines is 1. The van der Waals surface area contributed by atoms with Gasteiger partial charge in [-0.2, -0.15) is 0 Å². The van der Waals surface area contributed by atoms with Gasteiger partial charge >= 0.3 is 5.97 Å². The number of carbonyl (C=O) groups is 4. The number of imide groups is 1. The summed E-state index contributed by atoms with van der Waals surface area (Å²) in [4.78, 5) is 62.2. The van der Waals surface area contributed by atoms with Crippen molar-refractivity contribution in [1.29, 1.82) is 0 Å². The van der Waals surface area contributed by atoms with Crippen molar-refractivity contribution in [2.24, 2.45) is 17.8 Å². The van der Waals surface area contributed by atoms with Crippen LogP contribution in [0.3, 0.4) is 0 Å². The van der Waals surface area contributed by atoms with E-state index in [1.54, 1.807) is 6.07 Å². The summed E-state index contributed by atoms with van der Waals surface area (Å²) in [5.74, 6) is -2.29. The average molecular weight is 485 g/mol. The molecule has 1 saturated heterocycles. The fourth-order valence-corrected chi connectivity index (χ4v) is 4.73. The van der Waals surface area contributed by atoms with Crippen LogP contribution in [0.25, 0.3) is 0 Å². The van der Waals surface area contributed by atoms with Crippen LogP contribution >= 0.6 is 11.6 Å². The van der Waals surface area contributed by atoms with Crippen molar-refractivity contribution in [3.8, 4) is 0 Å². The number of ether oxygens (including phenoxy) is 1. The lowest BCUT2D eigenvalue weighted by molar-refractivity contribution is -0.384. The SMILES string of the molecule is C[C@@H]1CC[C@H]2C(=O)N(c3cccc(C(=O)OCC(=O)c4ccc(Cl)c([N+](=O)[O-])c4)c3)C(=O)[C@H]2C1. The smallest absolute Gasteiger partial charge is 0.338 e. The molecule has 2 aromatic carbocycles. The van der Waals surface area contributed by atoms with E-state index in [-0.39, 0.29) is 45.5 Å². The minimum absolute atomic E-state index is 0.0252. The van der Waals surface area contributed by atoms with Crippen molar-refractivity contribution in [1.82, 2.24) is 0 Å². The van der Waals surface area contributed by atoms with E-state index in [1.165, 1.54) is 30.3 Å². The molecule has 4 rings (SSSR count). The highest BCUT2D eigenvalue weighted by molar-refractivity contribution is 6.32. The van der Waals surface area contributed by atoms with Gasteiger partial charge in [-0.1, -0.05) is 24.6 Å². The molecule has 1 saturated carbocycles. The first-order chi connectivity index (χ1) is 16.2. The highest BCUT2D eigenvalue weighted by atomic mass is 35.5. The van der Waals surface area contributed by atoms with E-state index in [2.05, 4.69) is 6.92 Å². The number of hydrogen-bond donors (Lipinski definition) is 0. The van der Waals surface area contributed by atoms with Crippen LogP contribution in [0.2, 0.25) is 5.02 Å². The Balaban J connectivity index is 1.46. The van der Waals surface area contributed by atoms with Crippen molar-refractivity contribution in [3.63, 3.8) is 0 Å². The molecule has 0 radical (unpaired) electrons. The number of benzene rings is 2. The van der Waals surface area contributed by atoms with E-state index in [4.69, 9.17) is 16.3 Å². The van der Waals surface area contributed by atoms with Crippen LogP contribution in [0.4, 0.5) is 11.4 Å². The summed E-state index contributed by atoms with van der Waals surface area (Å²) < 4.78 is 5.08. The number of nitro groups is 1. The monoisotopic (exact) mass is 484 g/mol. The molecule has 2 fully saturated rings. The van der Waals surface area contributed by atoms with Crippen LogP contribution < -0.4 is 4.90 Å². The highest BCUT2D eigenvalue weighted by Gasteiger charge is 2.50. The summed E-state index contributed by atoms with van der Waals surface area (Å²) in [7, 11) is 0. The number of hydrogen-bond acceptors (Lipinski definition) is 7. The largest absolute Gasteiger partial charge is 0.454 e. The Bertz CT molecular complexity index is 1210. The lowest BCUT2D eigenvalue weighted by atomic mass is 9.76. The van der Waals surface area contributed by atoms with E-state index in [0.29, 0.717) is 18.8 Å². The summed E-state index contributed by atoms with van der Waals surface area (Å²) in [5.41, 5.74) is -0.105. The van der Waals surface area contributed by atoms with Crippen molar-refractivity contribution < 1.29 is 28.8 Å². The zero-order valence-electron chi connectivity index (χ0n) is 18.2. The number of carbonyl (C=O) groups excluding carboxylic acids is 4. The number of rotatable bonds is 6. The molecule has 0 unspecified atom stereocenters. The summed E-state index contributed by atoms with van der Waals surface area (Å²) in [6, 6.07) is 9.48. The fourth-order valence-electron chi connectivity index (χ4n) is 4.54. The van der Waals surface area contributed by atoms with Gasteiger partial charge in [0.25, 0.3) is 5.69 Å². The number of esters is 1. The van der Waals surface area contributed by atoms with Gasteiger partial charge in [-0.15, -0.1) is 0 Å². The minimum Gasteiger partial charge on any atom is -0.454 e. The van der Waals surface area contributed by atoms with E-state index in [0.717, 1.165) is 17.4 Å². The number of halogens is 1. The second kappa shape index (κ2) is 9.34. The Labute approximate surface area is 199 Å². The van der Waals surface area contributed by atoms with Crippen LogP contribution in [0.1, 0.15) is 46.9 Å². The van der Waals surface area contributed by atoms with E-state index >= 15 is 0 Å². The molecular formula is C24H21ClN2O7. The minimum atomic E-state index is -0.830. The number of Topliss-reactive ketones (excluding diaryl/α,β-unsaturated/α-hetero) is 1. The van der Waals surface area contributed by atoms with Gasteiger partial charge in [0.2, 0.25) is 17.6 Å². The maximum absolute atomic E-state index is 12.9. The van der Waals surface area contributed by atoms with Crippen molar-refractivity contribution in [2.75, 3.05) is 11.5 Å². The van der Waals surface area contributed by atoms with Gasteiger partial charge in [0.15, 0.2) is 6.61 Å². The molecule has 1 aliphatic heterocycles. The maximum Gasteiger partial charge on any atom is 0.338 e. The molecule has 0 N–H and O–H groups in total. The standard InChI is InChI=1S/C24H21ClN2O7/c1-13-5-7-17-18(9-13)23(30)26(22(17)29)16-4-2-3-15(10-16)24(31)34-12-21(28)14-6-8-19(25)20(11-14)27(32)33/h2-4,6,8,10-11,13,17-18H,5,7,9,12H2,1H3/t13-,17-,18+/m1/s1. The third-order valence-electron chi connectivity index (χ3n) is 6.33. The molecule has 3 atom stereocenters. The lowest BCUT2D eigenvalue weighted by Gasteiger charge is -2.25. The average Bonchev–Trinajstić information content (AvgIpc) is 3.06. The molecule has 10 heteroatoms. The molecule has 0 spiro atoms. The Morgan fingerprint density at radius 1 is 1.09 bits per heavy atom. The van der Waals surface area contributed by atoms with Gasteiger partial charge in [-0.05, 0) is 55.5 Å². The van der Waals surface area contributed by atoms with E-state index in [1.807, 2.05) is 0 Å². The molecule has 34 heavy (non-hydrogen) atoms. The molecule has 176 valence electrons. The molecule has 2 aromatic rings. The molecular weight excluding hydrogens is 464 g/mol. The van der Waals surface area contributed by atoms with Gasteiger partial charge in [-0.3, -0.25) is 29.4 Å². The molecule has 2 aliphatic rings. The first-order valence-corrected chi connectivity index (χ1v) is 11.2. The van der Waals surface area contributed by atoms with Crippen molar-refractivity contribution in [3.05, 3.63) is 68.7 Å². The normalized spacial score (nSPS) is 21.8. The Kier molecular flexibility index (Phi) is 6.47. The predicted molar refractivity (Wildman–Crippen MR) is 122 cm³/mol. The second-order valence-corrected chi connectivity index (χ2v) is 9.02. The first kappa shape index (κ1) is 23.6. The summed E-state index contributed by atoms with van der Waals surface area (Å²) in [6.45, 7) is 1.42. The van der Waals surface area contributed by atoms with Crippen LogP contribution in [-0.2, 0) is 14.3 Å². The molecule has 1 aliphatic carbocycles. The highest BCUT2D eigenvalue weighted by Crippen LogP contribution is 2.42. The quantitative estimate of drug-likeness (QED) is 0.198. The predicted octanol–water partition coefficient (Wildman–Crippen LogP) is 4.21. The number of fused-ring (bicyclic) bond motifs is 1. The summed E-state index contributed by atoms with van der Waals surface area (Å²) >= 11 is 5.75. The Morgan fingerprint density at radius 2 is 1.82 bits per heavy atom. The van der Waals surface area contributed by atoms with Crippen LogP contribution in [-0.4, -0.2) is 35.1 Å². The molecule has 1 heterocycles. The molecule has 0 bridgehead atoms. The third kappa shape index (κ3) is 4.43. The van der Waals surface area contributed by atoms with E-state index in [9.17, 15) is 29.3 Å². The fraction of sp³-hybridized carbons (Fsp3) is 0.333. The van der Waals surface area contributed by atoms with Gasteiger partial charge < -0.3 is 4.74 Å². The van der Waals surface area contributed by atoms with Gasteiger partial charge in [-0.25, -0.2) is 4.79 Å². The molecule has 2 amide bonds. The molecule has 0 aromatic heterocycles. The number of amides is 2. The summed E-state index contributed by atoms with van der Waals surface area (Å²) in [5, 5.41) is 10.9. The van der Waals surface area contributed by atoms with Crippen LogP contribution in [0, 0.1) is 27.9 Å². The molecule has 9 nitrogen and oxygen atoms in total. The zero-order chi connectivity index (χ0) is 24.6. The van der Waals surface area contributed by atoms with Crippen LogP contribution in [0.5, 0.6) is 0 Å². The topological polar surface area (TPSA) is 124 Å². The van der Waals surface area contributed by atoms with Gasteiger partial charge in [0.1, 0.15) is 5.02 Å². The number of ketones is 1. The lowest BCUT2D eigenvalue weighted by Crippen LogP contribution is -2.31. The number of nitrogens with zero attached hydrogens (tertiary/aromatic N) is 2. The summed E-state index contributed by atoms with van der Waals surface area (Å²) in [6.07, 6.45) is 2.23. The van der Waals surface area contributed by atoms with Crippen molar-refractivity contribution in [2.45, 2.75) is 26.2 Å². The van der Waals surface area contributed by atoms with Crippen molar-refractivity contribution >= 4 is 46.5 Å². The Hall–Kier alpha value is -3.59. The first-order valence-electron chi connectivity index (χ1n) is 10.8. The van der Waals surface area contributed by atoms with Gasteiger partial charge in [0.05, 0.1) is 28.0 Å². The Morgan fingerprint density at radius 3 is 2.56 bits per heavy atom. The van der Waals surface area contributed by atoms with Crippen LogP contribution in [0.15, 0.2) is 42.5 Å². The van der Waals surface area contributed by atoms with Gasteiger partial charge in [0, 0.05) is 11.6 Å². The number of nitro benzene ring substituents is 1. The zero-order valence-corrected chi connectivity index (χ0v) is 19.0. The second-order valence-electron chi connectivity index (χ2n) is 8.62.